The SMILES string of the molecule is Cc1ccc(C(=O)Oc2ccc(C(=O)CN(C(=O)c3ccc(Cl)c(Cl)c3)N3C(=O)[C@H]4[C@@H](C)C=CC[C@H]4C3=O)cc2)cc1. The van der Waals surface area contributed by atoms with Gasteiger partial charge in [-0.3, -0.25) is 19.2 Å². The van der Waals surface area contributed by atoms with Crippen molar-refractivity contribution in [2.24, 2.45) is 17.8 Å². The summed E-state index contributed by atoms with van der Waals surface area (Å²) in [7, 11) is 0. The molecule has 3 atom stereocenters. The topological polar surface area (TPSA) is 101 Å². The quantitative estimate of drug-likeness (QED) is 0.108. The van der Waals surface area contributed by atoms with Crippen molar-refractivity contribution < 1.29 is 28.7 Å². The first-order chi connectivity index (χ1) is 20.0. The number of imide groups is 1. The van der Waals surface area contributed by atoms with Gasteiger partial charge in [-0.25, -0.2) is 9.80 Å². The molecule has 1 heterocycles. The zero-order chi connectivity index (χ0) is 30.1. The largest absolute Gasteiger partial charge is 0.423 e. The van der Waals surface area contributed by atoms with Gasteiger partial charge in [0.15, 0.2) is 5.78 Å². The number of allylic oxidation sites excluding steroid dienone is 2. The van der Waals surface area contributed by atoms with E-state index < -0.39 is 47.9 Å². The number of halogens is 2. The van der Waals surface area contributed by atoms with Gasteiger partial charge >= 0.3 is 5.97 Å². The summed E-state index contributed by atoms with van der Waals surface area (Å²) in [5, 5.41) is 2.01. The number of aryl methyl sites for hydroxylation is 1. The van der Waals surface area contributed by atoms with Crippen molar-refractivity contribution in [1.29, 1.82) is 0 Å². The molecule has 0 radical (unpaired) electrons. The third kappa shape index (κ3) is 5.73. The van der Waals surface area contributed by atoms with E-state index in [1.807, 2.05) is 26.0 Å². The highest BCUT2D eigenvalue weighted by atomic mass is 35.5. The predicted octanol–water partition coefficient (Wildman–Crippen LogP) is 5.96. The maximum absolute atomic E-state index is 13.7. The fourth-order valence-corrected chi connectivity index (χ4v) is 5.47. The number of hydrazine groups is 1. The molecule has 1 fully saturated rings. The highest BCUT2D eigenvalue weighted by Crippen LogP contribution is 2.39. The number of carbonyl (C=O) groups is 5. The average molecular weight is 605 g/mol. The number of hydrogen-bond acceptors (Lipinski definition) is 6. The molecule has 214 valence electrons. The van der Waals surface area contributed by atoms with Crippen molar-refractivity contribution in [2.45, 2.75) is 20.3 Å². The molecule has 8 nitrogen and oxygen atoms in total. The molecule has 0 aromatic heterocycles. The summed E-state index contributed by atoms with van der Waals surface area (Å²) in [4.78, 5) is 66.6. The molecular weight excluding hydrogens is 579 g/mol. The van der Waals surface area contributed by atoms with Gasteiger partial charge in [0.1, 0.15) is 12.3 Å². The van der Waals surface area contributed by atoms with Crippen LogP contribution in [0.4, 0.5) is 0 Å². The summed E-state index contributed by atoms with van der Waals surface area (Å²) < 4.78 is 5.41. The smallest absolute Gasteiger partial charge is 0.343 e. The first-order valence-corrected chi connectivity index (χ1v) is 14.0. The Labute approximate surface area is 252 Å². The van der Waals surface area contributed by atoms with Crippen molar-refractivity contribution >= 4 is 52.7 Å². The molecule has 0 spiro atoms. The zero-order valence-electron chi connectivity index (χ0n) is 22.8. The van der Waals surface area contributed by atoms with Crippen LogP contribution in [0.1, 0.15) is 50.0 Å². The van der Waals surface area contributed by atoms with Gasteiger partial charge in [0.2, 0.25) is 0 Å². The highest BCUT2D eigenvalue weighted by molar-refractivity contribution is 6.42. The van der Waals surface area contributed by atoms with Gasteiger partial charge in [-0.1, -0.05) is 60.0 Å². The second-order valence-electron chi connectivity index (χ2n) is 10.3. The molecule has 3 aromatic carbocycles. The van der Waals surface area contributed by atoms with E-state index in [0.717, 1.165) is 15.6 Å². The van der Waals surface area contributed by atoms with Gasteiger partial charge in [0, 0.05) is 11.1 Å². The Balaban J connectivity index is 1.39. The van der Waals surface area contributed by atoms with E-state index in [0.29, 0.717) is 12.0 Å². The number of nitrogens with zero attached hydrogens (tertiary/aromatic N) is 2. The van der Waals surface area contributed by atoms with E-state index in [4.69, 9.17) is 27.9 Å². The fraction of sp³-hybridized carbons (Fsp3) is 0.219. The Morgan fingerprint density at radius 2 is 1.52 bits per heavy atom. The number of amides is 3. The number of Topliss-reactive ketones (excluding diaryl/α,β-unsaturated/α-hetero) is 1. The molecule has 5 rings (SSSR count). The fourth-order valence-electron chi connectivity index (χ4n) is 5.17. The molecule has 0 bridgehead atoms. The first-order valence-electron chi connectivity index (χ1n) is 13.3. The van der Waals surface area contributed by atoms with E-state index in [1.54, 1.807) is 24.3 Å². The molecule has 0 saturated carbocycles. The Kier molecular flexibility index (Phi) is 8.29. The summed E-state index contributed by atoms with van der Waals surface area (Å²) in [5.41, 5.74) is 1.62. The number of hydrogen-bond donors (Lipinski definition) is 0. The number of ether oxygens (including phenoxy) is 1. The summed E-state index contributed by atoms with van der Waals surface area (Å²) in [6, 6.07) is 16.9. The van der Waals surface area contributed by atoms with Crippen LogP contribution in [0.3, 0.4) is 0 Å². The van der Waals surface area contributed by atoms with Crippen LogP contribution in [-0.2, 0) is 9.59 Å². The third-order valence-corrected chi connectivity index (χ3v) is 8.20. The van der Waals surface area contributed by atoms with Gasteiger partial charge in [-0.2, -0.15) is 5.01 Å². The van der Waals surface area contributed by atoms with E-state index in [-0.39, 0.29) is 32.8 Å². The minimum atomic E-state index is -0.758. The molecule has 1 saturated heterocycles. The number of rotatable bonds is 7. The van der Waals surface area contributed by atoms with E-state index in [2.05, 4.69) is 0 Å². The van der Waals surface area contributed by atoms with Crippen LogP contribution >= 0.6 is 23.2 Å². The summed E-state index contributed by atoms with van der Waals surface area (Å²) in [6.45, 7) is 3.15. The monoisotopic (exact) mass is 604 g/mol. The van der Waals surface area contributed by atoms with Crippen molar-refractivity contribution in [3.8, 4) is 5.75 Å². The predicted molar refractivity (Wildman–Crippen MR) is 156 cm³/mol. The van der Waals surface area contributed by atoms with Crippen molar-refractivity contribution in [2.75, 3.05) is 6.54 Å². The summed E-state index contributed by atoms with van der Waals surface area (Å²) in [6.07, 6.45) is 4.09. The maximum atomic E-state index is 13.7. The molecule has 1 aliphatic heterocycles. The lowest BCUT2D eigenvalue weighted by Gasteiger charge is -2.30. The Morgan fingerprint density at radius 3 is 2.17 bits per heavy atom. The second-order valence-corrected chi connectivity index (χ2v) is 11.2. The van der Waals surface area contributed by atoms with Crippen LogP contribution in [0.2, 0.25) is 10.0 Å². The standard InChI is InChI=1S/C32H26Cl2N2O6/c1-18-6-8-21(9-7-18)32(41)42-23-13-10-20(11-14-23)27(37)17-35(29(38)22-12-15-25(33)26(34)16-22)36-30(39)24-5-3-4-19(2)28(24)31(36)40/h3-4,6-16,19,24,28H,5,17H2,1-2H3/t19-,24+,28-/m0/s1. The normalized spacial score (nSPS) is 19.4. The van der Waals surface area contributed by atoms with Gasteiger partial charge in [-0.05, 0) is 73.9 Å². The van der Waals surface area contributed by atoms with Crippen LogP contribution in [0.25, 0.3) is 0 Å². The maximum Gasteiger partial charge on any atom is 0.343 e. The van der Waals surface area contributed by atoms with Gasteiger partial charge < -0.3 is 4.74 Å². The Hall–Kier alpha value is -4.27. The minimum absolute atomic E-state index is 0.0530. The number of benzene rings is 3. The molecule has 1 aliphatic carbocycles. The lowest BCUT2D eigenvalue weighted by Crippen LogP contribution is -2.52. The van der Waals surface area contributed by atoms with Crippen LogP contribution in [-0.4, -0.2) is 46.0 Å². The van der Waals surface area contributed by atoms with Crippen LogP contribution in [0.15, 0.2) is 78.9 Å². The number of ketones is 1. The Morgan fingerprint density at radius 1 is 0.881 bits per heavy atom. The van der Waals surface area contributed by atoms with Gasteiger partial charge in [0.05, 0.1) is 27.4 Å². The van der Waals surface area contributed by atoms with Crippen molar-refractivity contribution in [1.82, 2.24) is 10.0 Å². The molecule has 0 unspecified atom stereocenters. The zero-order valence-corrected chi connectivity index (χ0v) is 24.3. The highest BCUT2D eigenvalue weighted by Gasteiger charge is 2.53. The molecule has 10 heteroatoms. The number of fused-ring (bicyclic) bond motifs is 1. The van der Waals surface area contributed by atoms with E-state index in [1.165, 1.54) is 42.5 Å². The second kappa shape index (κ2) is 11.9. The third-order valence-electron chi connectivity index (χ3n) is 7.46. The van der Waals surface area contributed by atoms with Gasteiger partial charge in [-0.15, -0.1) is 0 Å². The average Bonchev–Trinajstić information content (AvgIpc) is 3.23. The van der Waals surface area contributed by atoms with Crippen LogP contribution in [0, 0.1) is 24.7 Å². The van der Waals surface area contributed by atoms with Gasteiger partial charge in [0.25, 0.3) is 17.7 Å². The Bertz CT molecular complexity index is 1620. The number of carbonyl (C=O) groups excluding carboxylic acids is 5. The lowest BCUT2D eigenvalue weighted by molar-refractivity contribution is -0.154. The van der Waals surface area contributed by atoms with Crippen molar-refractivity contribution in [3.63, 3.8) is 0 Å². The lowest BCUT2D eigenvalue weighted by atomic mass is 9.78. The molecule has 3 amide bonds. The molecule has 0 N–H and O–H groups in total. The molecule has 2 aliphatic rings. The molecular formula is C32H26Cl2N2O6. The van der Waals surface area contributed by atoms with E-state index >= 15 is 0 Å². The minimum Gasteiger partial charge on any atom is -0.423 e. The first kappa shape index (κ1) is 29.2. The number of esters is 1. The molecule has 42 heavy (non-hydrogen) atoms. The van der Waals surface area contributed by atoms with E-state index in [9.17, 15) is 24.0 Å². The van der Waals surface area contributed by atoms with Crippen molar-refractivity contribution in [3.05, 3.63) is 111 Å². The van der Waals surface area contributed by atoms with Crippen LogP contribution in [0.5, 0.6) is 5.75 Å². The summed E-state index contributed by atoms with van der Waals surface area (Å²) >= 11 is 12.2. The summed E-state index contributed by atoms with van der Waals surface area (Å²) in [5.74, 6) is -4.18. The molecule has 3 aromatic rings. The van der Waals surface area contributed by atoms with Crippen LogP contribution < -0.4 is 4.74 Å².